The quantitative estimate of drug-likeness (QED) is 0.780. The van der Waals surface area contributed by atoms with Crippen LogP contribution in [-0.2, 0) is 0 Å². The highest BCUT2D eigenvalue weighted by molar-refractivity contribution is 4.95. The van der Waals surface area contributed by atoms with E-state index in [0.717, 1.165) is 18.4 Å². The van der Waals surface area contributed by atoms with Crippen molar-refractivity contribution >= 4 is 0 Å². The summed E-state index contributed by atoms with van der Waals surface area (Å²) in [5.74, 6) is 1.80. The maximum absolute atomic E-state index is 6.19. The van der Waals surface area contributed by atoms with E-state index in [0.29, 0.717) is 5.54 Å². The summed E-state index contributed by atoms with van der Waals surface area (Å²) in [4.78, 5) is 2.76. The van der Waals surface area contributed by atoms with Crippen molar-refractivity contribution in [3.8, 4) is 0 Å². The van der Waals surface area contributed by atoms with Crippen LogP contribution in [0, 0.1) is 11.8 Å². The molecule has 0 aromatic carbocycles. The van der Waals surface area contributed by atoms with Gasteiger partial charge in [-0.1, -0.05) is 39.5 Å². The van der Waals surface area contributed by atoms with Gasteiger partial charge in [0.1, 0.15) is 0 Å². The number of rotatable bonds is 3. The second kappa shape index (κ2) is 6.38. The van der Waals surface area contributed by atoms with Crippen molar-refractivity contribution in [1.82, 2.24) is 4.90 Å². The van der Waals surface area contributed by atoms with Crippen LogP contribution in [0.5, 0.6) is 0 Å². The first-order chi connectivity index (χ1) is 8.68. The van der Waals surface area contributed by atoms with Crippen molar-refractivity contribution in [2.45, 2.75) is 70.8 Å². The topological polar surface area (TPSA) is 29.3 Å². The molecular weight excluding hydrogens is 220 g/mol. The minimum atomic E-state index is 0.360. The molecule has 0 bridgehead atoms. The van der Waals surface area contributed by atoms with Crippen molar-refractivity contribution in [2.24, 2.45) is 17.6 Å². The molecule has 0 aromatic heterocycles. The molecule has 0 atom stereocenters. The number of hydrogen-bond donors (Lipinski definition) is 1. The summed E-state index contributed by atoms with van der Waals surface area (Å²) in [5.41, 5.74) is 6.55. The molecule has 2 aliphatic rings. The van der Waals surface area contributed by atoms with Crippen LogP contribution in [-0.4, -0.2) is 30.1 Å². The summed E-state index contributed by atoms with van der Waals surface area (Å²) < 4.78 is 0. The van der Waals surface area contributed by atoms with Crippen molar-refractivity contribution in [1.29, 1.82) is 0 Å². The van der Waals surface area contributed by atoms with E-state index in [1.807, 2.05) is 0 Å². The molecule has 2 N–H and O–H groups in total. The van der Waals surface area contributed by atoms with Crippen molar-refractivity contribution < 1.29 is 0 Å². The second-order valence-corrected chi connectivity index (χ2v) is 6.91. The van der Waals surface area contributed by atoms with Crippen molar-refractivity contribution in [3.05, 3.63) is 0 Å². The van der Waals surface area contributed by atoms with Gasteiger partial charge in [0.25, 0.3) is 0 Å². The lowest BCUT2D eigenvalue weighted by molar-refractivity contribution is 0.0348. The molecule has 1 saturated carbocycles. The molecule has 0 spiro atoms. The van der Waals surface area contributed by atoms with Gasteiger partial charge in [-0.05, 0) is 50.6 Å². The molecule has 1 aliphatic heterocycles. The first-order valence-electron chi connectivity index (χ1n) is 8.13. The smallest absolute Gasteiger partial charge is 0.0331 e. The number of piperidine rings is 1. The zero-order valence-electron chi connectivity index (χ0n) is 12.5. The molecule has 0 unspecified atom stereocenters. The van der Waals surface area contributed by atoms with E-state index >= 15 is 0 Å². The summed E-state index contributed by atoms with van der Waals surface area (Å²) in [6, 6.07) is 0. The normalized spacial score (nSPS) is 27.3. The molecular formula is C16H32N2. The van der Waals surface area contributed by atoms with Gasteiger partial charge in [0.15, 0.2) is 0 Å². The third-order valence-electron chi connectivity index (χ3n) is 5.57. The number of likely N-dealkylation sites (tertiary alicyclic amines) is 1. The molecule has 2 rings (SSSR count). The van der Waals surface area contributed by atoms with E-state index in [9.17, 15) is 0 Å². The van der Waals surface area contributed by atoms with Crippen LogP contribution >= 0.6 is 0 Å². The number of hydrogen-bond acceptors (Lipinski definition) is 2. The molecule has 18 heavy (non-hydrogen) atoms. The highest BCUT2D eigenvalue weighted by Crippen LogP contribution is 2.35. The van der Waals surface area contributed by atoms with Gasteiger partial charge in [-0.3, -0.25) is 4.90 Å². The van der Waals surface area contributed by atoms with Crippen LogP contribution in [0.25, 0.3) is 0 Å². The molecule has 2 heteroatoms. The van der Waals surface area contributed by atoms with Crippen LogP contribution in [0.3, 0.4) is 0 Å². The summed E-state index contributed by atoms with van der Waals surface area (Å²) >= 11 is 0. The molecule has 0 aromatic rings. The fraction of sp³-hybridized carbons (Fsp3) is 1.00. The Kier molecular flexibility index (Phi) is 5.08. The lowest BCUT2D eigenvalue weighted by Crippen LogP contribution is -2.56. The van der Waals surface area contributed by atoms with Gasteiger partial charge in [-0.2, -0.15) is 0 Å². The Balaban J connectivity index is 1.96. The minimum Gasteiger partial charge on any atom is -0.329 e. The monoisotopic (exact) mass is 252 g/mol. The first kappa shape index (κ1) is 14.3. The van der Waals surface area contributed by atoms with E-state index in [2.05, 4.69) is 18.7 Å². The van der Waals surface area contributed by atoms with Gasteiger partial charge in [0.05, 0.1) is 0 Å². The second-order valence-electron chi connectivity index (χ2n) is 6.91. The first-order valence-corrected chi connectivity index (χ1v) is 8.13. The Morgan fingerprint density at radius 3 is 2.06 bits per heavy atom. The van der Waals surface area contributed by atoms with Gasteiger partial charge >= 0.3 is 0 Å². The fourth-order valence-electron chi connectivity index (χ4n) is 4.08. The Bertz CT molecular complexity index is 233. The van der Waals surface area contributed by atoms with Gasteiger partial charge < -0.3 is 5.73 Å². The summed E-state index contributed by atoms with van der Waals surface area (Å²) in [6.07, 6.45) is 11.1. The van der Waals surface area contributed by atoms with Gasteiger partial charge in [0, 0.05) is 12.1 Å². The zero-order chi connectivity index (χ0) is 13.0. The number of nitrogens with two attached hydrogens (primary N) is 1. The molecule has 0 radical (unpaired) electrons. The Morgan fingerprint density at radius 2 is 1.61 bits per heavy atom. The third kappa shape index (κ3) is 3.08. The Hall–Kier alpha value is -0.0800. The van der Waals surface area contributed by atoms with Crippen LogP contribution in [0.4, 0.5) is 0 Å². The lowest BCUT2D eigenvalue weighted by Gasteiger charge is -2.47. The predicted octanol–water partition coefficient (Wildman–Crippen LogP) is 3.41. The highest BCUT2D eigenvalue weighted by Gasteiger charge is 2.37. The van der Waals surface area contributed by atoms with Crippen LogP contribution in [0.2, 0.25) is 0 Å². The Labute approximate surface area is 113 Å². The van der Waals surface area contributed by atoms with Crippen molar-refractivity contribution in [3.63, 3.8) is 0 Å². The highest BCUT2D eigenvalue weighted by atomic mass is 15.2. The van der Waals surface area contributed by atoms with Gasteiger partial charge in [-0.15, -0.1) is 0 Å². The maximum Gasteiger partial charge on any atom is 0.0331 e. The van der Waals surface area contributed by atoms with Crippen molar-refractivity contribution in [2.75, 3.05) is 19.6 Å². The van der Waals surface area contributed by atoms with E-state index in [-0.39, 0.29) is 0 Å². The zero-order valence-corrected chi connectivity index (χ0v) is 12.5. The third-order valence-corrected chi connectivity index (χ3v) is 5.57. The van der Waals surface area contributed by atoms with E-state index in [1.54, 1.807) is 0 Å². The predicted molar refractivity (Wildman–Crippen MR) is 78.6 cm³/mol. The molecule has 2 nitrogen and oxygen atoms in total. The van der Waals surface area contributed by atoms with E-state index in [1.165, 1.54) is 64.5 Å². The Morgan fingerprint density at radius 1 is 1.06 bits per heavy atom. The van der Waals surface area contributed by atoms with Crippen LogP contribution < -0.4 is 5.73 Å². The van der Waals surface area contributed by atoms with E-state index in [4.69, 9.17) is 5.73 Å². The average molecular weight is 252 g/mol. The summed E-state index contributed by atoms with van der Waals surface area (Å²) in [7, 11) is 0. The maximum atomic E-state index is 6.19. The molecule has 106 valence electrons. The molecule has 1 saturated heterocycles. The van der Waals surface area contributed by atoms with Crippen LogP contribution in [0.15, 0.2) is 0 Å². The fourth-order valence-corrected chi connectivity index (χ4v) is 4.08. The molecule has 2 fully saturated rings. The molecule has 1 aliphatic carbocycles. The summed E-state index contributed by atoms with van der Waals surface area (Å²) in [6.45, 7) is 8.22. The van der Waals surface area contributed by atoms with Crippen LogP contribution in [0.1, 0.15) is 65.2 Å². The standard InChI is InChI=1S/C16H32N2/c1-14(2)15-7-11-18(12-8-15)16(13-17)9-5-3-4-6-10-16/h14-15H,3-13,17H2,1-2H3. The van der Waals surface area contributed by atoms with E-state index < -0.39 is 0 Å². The largest absolute Gasteiger partial charge is 0.329 e. The summed E-state index contributed by atoms with van der Waals surface area (Å²) in [5, 5.41) is 0. The minimum absolute atomic E-state index is 0.360. The van der Waals surface area contributed by atoms with Gasteiger partial charge in [-0.25, -0.2) is 0 Å². The number of nitrogens with zero attached hydrogens (tertiary/aromatic N) is 1. The lowest BCUT2D eigenvalue weighted by atomic mass is 9.81. The SMILES string of the molecule is CC(C)C1CCN(C2(CN)CCCCCC2)CC1. The average Bonchev–Trinajstić information content (AvgIpc) is 2.65. The van der Waals surface area contributed by atoms with Gasteiger partial charge in [0.2, 0.25) is 0 Å². The molecule has 1 heterocycles. The molecule has 0 amide bonds.